The second-order valence-electron chi connectivity index (χ2n) is 5.36. The third kappa shape index (κ3) is 4.99. The van der Waals surface area contributed by atoms with Crippen molar-refractivity contribution >= 4 is 11.8 Å². The van der Waals surface area contributed by atoms with Crippen LogP contribution in [0.4, 0.5) is 13.2 Å². The Bertz CT molecular complexity index is 857. The van der Waals surface area contributed by atoms with Crippen LogP contribution in [-0.4, -0.2) is 23.8 Å². The van der Waals surface area contributed by atoms with Crippen molar-refractivity contribution < 1.29 is 27.5 Å². The Morgan fingerprint density at radius 2 is 1.85 bits per heavy atom. The van der Waals surface area contributed by atoms with E-state index in [1.165, 1.54) is 37.4 Å². The number of benzene rings is 1. The summed E-state index contributed by atoms with van der Waals surface area (Å²) >= 11 is 0. The van der Waals surface area contributed by atoms with Crippen LogP contribution in [0.25, 0.3) is 11.3 Å². The van der Waals surface area contributed by atoms with E-state index in [-0.39, 0.29) is 48.0 Å². The normalized spacial score (nSPS) is 10.8. The summed E-state index contributed by atoms with van der Waals surface area (Å²) < 4.78 is 43.7. The lowest BCUT2D eigenvalue weighted by Crippen LogP contribution is -2.07. The molecule has 0 spiro atoms. The Labute approximate surface area is 148 Å². The van der Waals surface area contributed by atoms with Crippen LogP contribution in [0.1, 0.15) is 35.3 Å². The van der Waals surface area contributed by atoms with Gasteiger partial charge in [-0.25, -0.2) is 0 Å². The van der Waals surface area contributed by atoms with Crippen molar-refractivity contribution in [3.05, 3.63) is 47.7 Å². The molecule has 0 bridgehead atoms. The van der Waals surface area contributed by atoms with Gasteiger partial charge < -0.3 is 9.72 Å². The van der Waals surface area contributed by atoms with Gasteiger partial charge in [-0.1, -0.05) is 24.1 Å². The first-order valence-corrected chi connectivity index (χ1v) is 7.74. The molecule has 0 fully saturated rings. The third-order valence-electron chi connectivity index (χ3n) is 3.56. The summed E-state index contributed by atoms with van der Waals surface area (Å²) in [6.07, 6.45) is -4.17. The van der Waals surface area contributed by atoms with Crippen molar-refractivity contribution in [2.45, 2.75) is 25.4 Å². The molecule has 1 heterocycles. The third-order valence-corrected chi connectivity index (χ3v) is 3.56. The van der Waals surface area contributed by atoms with E-state index in [0.29, 0.717) is 0 Å². The fourth-order valence-electron chi connectivity index (χ4n) is 2.27. The van der Waals surface area contributed by atoms with E-state index in [4.69, 9.17) is 0 Å². The zero-order valence-electron chi connectivity index (χ0n) is 13.9. The summed E-state index contributed by atoms with van der Waals surface area (Å²) in [5.74, 6) is 4.60. The second kappa shape index (κ2) is 8.39. The maximum Gasteiger partial charge on any atom is 0.417 e. The number of hydrogen-bond donors (Lipinski definition) is 1. The molecule has 0 radical (unpaired) electrons. The minimum atomic E-state index is -4.49. The molecule has 136 valence electrons. The second-order valence-corrected chi connectivity index (χ2v) is 5.36. The van der Waals surface area contributed by atoms with E-state index in [0.717, 1.165) is 6.07 Å². The fourth-order valence-corrected chi connectivity index (χ4v) is 2.27. The van der Waals surface area contributed by atoms with Crippen LogP contribution in [0.2, 0.25) is 0 Å². The molecule has 7 heteroatoms. The van der Waals surface area contributed by atoms with E-state index in [1.54, 1.807) is 0 Å². The summed E-state index contributed by atoms with van der Waals surface area (Å²) in [5, 5.41) is 0. The van der Waals surface area contributed by atoms with E-state index < -0.39 is 11.7 Å². The number of alkyl halides is 3. The number of hydrogen-bond acceptors (Lipinski definition) is 3. The molecular formula is C19H16F3NO3. The Hall–Kier alpha value is -3.01. The van der Waals surface area contributed by atoms with E-state index in [1.807, 2.05) is 0 Å². The first kappa shape index (κ1) is 19.3. The van der Waals surface area contributed by atoms with E-state index >= 15 is 0 Å². The van der Waals surface area contributed by atoms with Crippen molar-refractivity contribution in [3.63, 3.8) is 0 Å². The van der Waals surface area contributed by atoms with Crippen LogP contribution in [0.5, 0.6) is 0 Å². The number of nitrogens with one attached hydrogen (secondary N) is 1. The lowest BCUT2D eigenvalue weighted by molar-refractivity contribution is -0.140. The van der Waals surface area contributed by atoms with Gasteiger partial charge in [0.25, 0.3) is 0 Å². The molecule has 0 aliphatic carbocycles. The molecule has 0 amide bonds. The van der Waals surface area contributed by atoms with Crippen LogP contribution in [-0.2, 0) is 15.7 Å². The van der Waals surface area contributed by atoms with Gasteiger partial charge in [0.05, 0.1) is 31.2 Å². The zero-order valence-corrected chi connectivity index (χ0v) is 13.9. The molecule has 0 atom stereocenters. The number of H-pyrrole nitrogens is 1. The van der Waals surface area contributed by atoms with Gasteiger partial charge in [-0.15, -0.1) is 5.92 Å². The predicted octanol–water partition coefficient (Wildman–Crippen LogP) is 4.23. The molecule has 0 aliphatic rings. The largest absolute Gasteiger partial charge is 0.469 e. The molecule has 2 rings (SSSR count). The molecule has 2 aromatic rings. The Morgan fingerprint density at radius 3 is 2.54 bits per heavy atom. The average Bonchev–Trinajstić information content (AvgIpc) is 3.10. The van der Waals surface area contributed by atoms with Gasteiger partial charge >= 0.3 is 12.1 Å². The first-order chi connectivity index (χ1) is 12.3. The molecular weight excluding hydrogens is 347 g/mol. The number of esters is 1. The molecule has 0 aliphatic heterocycles. The Morgan fingerprint density at radius 1 is 1.12 bits per heavy atom. The smallest absolute Gasteiger partial charge is 0.417 e. The number of aromatic amines is 1. The van der Waals surface area contributed by atoms with E-state index in [2.05, 4.69) is 21.6 Å². The highest BCUT2D eigenvalue weighted by molar-refractivity contribution is 5.96. The van der Waals surface area contributed by atoms with Gasteiger partial charge in [-0.05, 0) is 18.2 Å². The van der Waals surface area contributed by atoms with Crippen LogP contribution in [0.15, 0.2) is 36.4 Å². The number of carbonyl (C=O) groups is 2. The van der Waals surface area contributed by atoms with Gasteiger partial charge in [0.15, 0.2) is 5.78 Å². The summed E-state index contributed by atoms with van der Waals surface area (Å²) in [5.41, 5.74) is -0.411. The van der Waals surface area contributed by atoms with Crippen molar-refractivity contribution in [1.82, 2.24) is 4.98 Å². The van der Waals surface area contributed by atoms with Crippen LogP contribution < -0.4 is 0 Å². The van der Waals surface area contributed by atoms with Gasteiger partial charge in [-0.2, -0.15) is 13.2 Å². The molecule has 4 nitrogen and oxygen atoms in total. The summed E-state index contributed by atoms with van der Waals surface area (Å²) in [7, 11) is 1.28. The van der Waals surface area contributed by atoms with Gasteiger partial charge in [0.2, 0.25) is 0 Å². The average molecular weight is 363 g/mol. The Balaban J connectivity index is 2.08. The molecule has 26 heavy (non-hydrogen) atoms. The number of Topliss-reactive ketones (excluding diaryl/α,β-unsaturated/α-hetero) is 1. The molecule has 0 unspecified atom stereocenters. The van der Waals surface area contributed by atoms with Crippen LogP contribution in [0.3, 0.4) is 0 Å². The number of ether oxygens (including phenoxy) is 1. The number of rotatable bonds is 5. The van der Waals surface area contributed by atoms with Crippen LogP contribution in [0, 0.1) is 11.8 Å². The van der Waals surface area contributed by atoms with Crippen molar-refractivity contribution in [1.29, 1.82) is 0 Å². The fraction of sp³-hybridized carbons (Fsp3) is 0.263. The molecule has 0 saturated carbocycles. The Kier molecular flexibility index (Phi) is 6.23. The molecule has 1 aromatic heterocycles. The van der Waals surface area contributed by atoms with E-state index in [9.17, 15) is 22.8 Å². The molecule has 0 saturated heterocycles. The van der Waals surface area contributed by atoms with Gasteiger partial charge in [0.1, 0.15) is 0 Å². The number of aromatic nitrogens is 1. The topological polar surface area (TPSA) is 59.2 Å². The molecule has 1 aromatic carbocycles. The van der Waals surface area contributed by atoms with Crippen molar-refractivity contribution in [2.24, 2.45) is 0 Å². The van der Waals surface area contributed by atoms with Gasteiger partial charge in [0, 0.05) is 17.7 Å². The quantitative estimate of drug-likeness (QED) is 0.491. The highest BCUT2D eigenvalue weighted by atomic mass is 19.4. The minimum Gasteiger partial charge on any atom is -0.469 e. The first-order valence-electron chi connectivity index (χ1n) is 7.74. The van der Waals surface area contributed by atoms with Crippen LogP contribution >= 0.6 is 0 Å². The molecule has 1 N–H and O–H groups in total. The summed E-state index contributed by atoms with van der Waals surface area (Å²) in [6.45, 7) is 0. The summed E-state index contributed by atoms with van der Waals surface area (Å²) in [4.78, 5) is 25.7. The zero-order chi connectivity index (χ0) is 19.2. The highest BCUT2D eigenvalue weighted by Crippen LogP contribution is 2.36. The van der Waals surface area contributed by atoms with Crippen molar-refractivity contribution in [2.75, 3.05) is 7.11 Å². The minimum absolute atomic E-state index is 0.0248. The highest BCUT2D eigenvalue weighted by Gasteiger charge is 2.33. The standard InChI is InChI=1S/C19H16F3NO3/c1-26-18(25)10-4-2-3-9-17(24)16-12-11-15(23-16)13-7-5-6-8-14(13)19(20,21)22/h5-8,11-12,23H,4,9-10H2,1H3. The number of methoxy groups -OCH3 is 1. The van der Waals surface area contributed by atoms with Gasteiger partial charge in [-0.3, -0.25) is 9.59 Å². The number of ketones is 1. The number of halogens is 3. The maximum absolute atomic E-state index is 13.1. The predicted molar refractivity (Wildman–Crippen MR) is 89.2 cm³/mol. The SMILES string of the molecule is COC(=O)CCC#CCC(=O)c1ccc(-c2ccccc2C(F)(F)F)[nH]1. The lowest BCUT2D eigenvalue weighted by Gasteiger charge is -2.11. The summed E-state index contributed by atoms with van der Waals surface area (Å²) in [6, 6.07) is 8.01. The van der Waals surface area contributed by atoms with Crippen molar-refractivity contribution in [3.8, 4) is 23.1 Å². The monoisotopic (exact) mass is 363 g/mol. The maximum atomic E-state index is 13.1. The number of carbonyl (C=O) groups excluding carboxylic acids is 2. The lowest BCUT2D eigenvalue weighted by atomic mass is 10.0.